The Morgan fingerprint density at radius 1 is 1.08 bits per heavy atom. The highest BCUT2D eigenvalue weighted by Crippen LogP contribution is 2.32. The second-order valence-corrected chi connectivity index (χ2v) is 5.20. The van der Waals surface area contributed by atoms with E-state index < -0.39 is 29.3 Å². The van der Waals surface area contributed by atoms with Crippen molar-refractivity contribution >= 4 is 5.91 Å². The second kappa shape index (κ2) is 7.50. The van der Waals surface area contributed by atoms with E-state index >= 15 is 0 Å². The highest BCUT2D eigenvalue weighted by molar-refractivity contribution is 5.94. The van der Waals surface area contributed by atoms with Crippen LogP contribution in [0.5, 0.6) is 5.75 Å². The summed E-state index contributed by atoms with van der Waals surface area (Å²) in [5.74, 6) is -2.74. The van der Waals surface area contributed by atoms with Gasteiger partial charge in [0.15, 0.2) is 11.6 Å². The Morgan fingerprint density at radius 2 is 1.76 bits per heavy atom. The summed E-state index contributed by atoms with van der Waals surface area (Å²) in [6.07, 6.45) is -4.90. The number of nitrogens with zero attached hydrogens (tertiary/aromatic N) is 1. The average Bonchev–Trinajstić information content (AvgIpc) is 2.55. The number of hydrogen-bond donors (Lipinski definition) is 0. The molecule has 25 heavy (non-hydrogen) atoms. The van der Waals surface area contributed by atoms with Crippen molar-refractivity contribution in [2.45, 2.75) is 6.18 Å². The molecule has 3 nitrogen and oxygen atoms in total. The SMILES string of the molecule is CN(CCOc1ccccc1F)C(=O)c1ccc(F)c(C(F)(F)F)c1. The van der Waals surface area contributed by atoms with Crippen LogP contribution in [-0.2, 0) is 6.18 Å². The summed E-state index contributed by atoms with van der Waals surface area (Å²) in [5, 5.41) is 0. The van der Waals surface area contributed by atoms with Crippen LogP contribution in [0, 0.1) is 11.6 Å². The van der Waals surface area contributed by atoms with Crippen molar-refractivity contribution in [1.29, 1.82) is 0 Å². The molecule has 0 aliphatic rings. The molecule has 8 heteroatoms. The van der Waals surface area contributed by atoms with Crippen molar-refractivity contribution in [2.24, 2.45) is 0 Å². The van der Waals surface area contributed by atoms with E-state index in [1.54, 1.807) is 6.07 Å². The van der Waals surface area contributed by atoms with Crippen LogP contribution in [-0.4, -0.2) is 31.0 Å². The van der Waals surface area contributed by atoms with E-state index in [9.17, 15) is 26.7 Å². The highest BCUT2D eigenvalue weighted by atomic mass is 19.4. The first-order chi connectivity index (χ1) is 11.7. The van der Waals surface area contributed by atoms with Gasteiger partial charge in [-0.3, -0.25) is 4.79 Å². The summed E-state index contributed by atoms with van der Waals surface area (Å²) >= 11 is 0. The van der Waals surface area contributed by atoms with Gasteiger partial charge in [0.25, 0.3) is 5.91 Å². The van der Waals surface area contributed by atoms with E-state index in [1.807, 2.05) is 0 Å². The van der Waals surface area contributed by atoms with Crippen LogP contribution in [0.4, 0.5) is 22.0 Å². The van der Waals surface area contributed by atoms with Crippen molar-refractivity contribution in [2.75, 3.05) is 20.2 Å². The number of benzene rings is 2. The summed E-state index contributed by atoms with van der Waals surface area (Å²) < 4.78 is 69.9. The monoisotopic (exact) mass is 359 g/mol. The minimum atomic E-state index is -4.90. The van der Waals surface area contributed by atoms with Gasteiger partial charge >= 0.3 is 6.18 Å². The lowest BCUT2D eigenvalue weighted by Gasteiger charge is -2.18. The van der Waals surface area contributed by atoms with Gasteiger partial charge in [-0.1, -0.05) is 12.1 Å². The molecule has 2 rings (SSSR count). The van der Waals surface area contributed by atoms with Gasteiger partial charge in [-0.2, -0.15) is 13.2 Å². The lowest BCUT2D eigenvalue weighted by atomic mass is 10.1. The summed E-state index contributed by atoms with van der Waals surface area (Å²) in [4.78, 5) is 13.3. The summed E-state index contributed by atoms with van der Waals surface area (Å²) in [6, 6.07) is 7.72. The molecule has 0 aliphatic carbocycles. The Kier molecular flexibility index (Phi) is 5.61. The zero-order valence-electron chi connectivity index (χ0n) is 13.1. The third-order valence-corrected chi connectivity index (χ3v) is 3.39. The first-order valence-corrected chi connectivity index (χ1v) is 7.19. The molecule has 0 fully saturated rings. The number of rotatable bonds is 5. The molecule has 1 amide bonds. The topological polar surface area (TPSA) is 29.5 Å². The fraction of sp³-hybridized carbons (Fsp3) is 0.235. The lowest BCUT2D eigenvalue weighted by molar-refractivity contribution is -0.140. The smallest absolute Gasteiger partial charge is 0.419 e. The van der Waals surface area contributed by atoms with Gasteiger partial charge in [-0.05, 0) is 30.3 Å². The van der Waals surface area contributed by atoms with Crippen molar-refractivity contribution in [1.82, 2.24) is 4.90 Å². The number of ether oxygens (including phenoxy) is 1. The van der Waals surface area contributed by atoms with E-state index in [0.717, 1.165) is 11.0 Å². The number of carbonyl (C=O) groups is 1. The van der Waals surface area contributed by atoms with Crippen LogP contribution >= 0.6 is 0 Å². The van der Waals surface area contributed by atoms with Gasteiger partial charge in [-0.25, -0.2) is 8.78 Å². The molecule has 0 radical (unpaired) electrons. The number of amides is 1. The Labute approximate surface area is 140 Å². The normalized spacial score (nSPS) is 11.3. The number of hydrogen-bond acceptors (Lipinski definition) is 2. The second-order valence-electron chi connectivity index (χ2n) is 5.20. The van der Waals surface area contributed by atoms with Gasteiger partial charge in [0.2, 0.25) is 0 Å². The molecule has 2 aromatic carbocycles. The molecule has 0 aromatic heterocycles. The standard InChI is InChI=1S/C17H14F5NO2/c1-23(8-9-25-15-5-3-2-4-14(15)19)16(24)11-6-7-13(18)12(10-11)17(20,21)22/h2-7,10H,8-9H2,1H3. The molecule has 134 valence electrons. The minimum absolute atomic E-state index is 0.00416. The maximum Gasteiger partial charge on any atom is 0.419 e. The zero-order valence-corrected chi connectivity index (χ0v) is 13.1. The molecule has 0 unspecified atom stereocenters. The van der Waals surface area contributed by atoms with Crippen molar-refractivity contribution in [3.8, 4) is 5.75 Å². The molecule has 0 saturated heterocycles. The van der Waals surface area contributed by atoms with E-state index in [2.05, 4.69) is 0 Å². The van der Waals surface area contributed by atoms with Crippen LogP contribution in [0.2, 0.25) is 0 Å². The summed E-state index contributed by atoms with van der Waals surface area (Å²) in [6.45, 7) is -0.0532. The molecule has 0 N–H and O–H groups in total. The summed E-state index contributed by atoms with van der Waals surface area (Å²) in [5.41, 5.74) is -1.81. The average molecular weight is 359 g/mol. The third-order valence-electron chi connectivity index (χ3n) is 3.39. The summed E-state index contributed by atoms with van der Waals surface area (Å²) in [7, 11) is 1.35. The zero-order chi connectivity index (χ0) is 18.6. The highest BCUT2D eigenvalue weighted by Gasteiger charge is 2.34. The quantitative estimate of drug-likeness (QED) is 0.751. The minimum Gasteiger partial charge on any atom is -0.489 e. The number of alkyl halides is 3. The fourth-order valence-electron chi connectivity index (χ4n) is 2.05. The van der Waals surface area contributed by atoms with Crippen LogP contribution in [0.25, 0.3) is 0 Å². The number of likely N-dealkylation sites (N-methyl/N-ethyl adjacent to an activating group) is 1. The van der Waals surface area contributed by atoms with Crippen LogP contribution in [0.1, 0.15) is 15.9 Å². The molecule has 0 saturated carbocycles. The van der Waals surface area contributed by atoms with Crippen molar-refractivity contribution in [3.63, 3.8) is 0 Å². The van der Waals surface area contributed by atoms with Gasteiger partial charge in [0.1, 0.15) is 12.4 Å². The van der Waals surface area contributed by atoms with Crippen LogP contribution in [0.15, 0.2) is 42.5 Å². The van der Waals surface area contributed by atoms with Crippen molar-refractivity contribution < 1.29 is 31.5 Å². The Hall–Kier alpha value is -2.64. The van der Waals surface area contributed by atoms with E-state index in [-0.39, 0.29) is 24.5 Å². The maximum absolute atomic E-state index is 13.4. The van der Waals surface area contributed by atoms with Crippen molar-refractivity contribution in [3.05, 3.63) is 65.2 Å². The van der Waals surface area contributed by atoms with E-state index in [4.69, 9.17) is 4.74 Å². The van der Waals surface area contributed by atoms with Gasteiger partial charge in [0.05, 0.1) is 12.1 Å². The predicted octanol–water partition coefficient (Wildman–Crippen LogP) is 4.13. The molecule has 2 aromatic rings. The Bertz CT molecular complexity index is 761. The Balaban J connectivity index is 2.01. The fourth-order valence-corrected chi connectivity index (χ4v) is 2.05. The largest absolute Gasteiger partial charge is 0.489 e. The third kappa shape index (κ3) is 4.68. The van der Waals surface area contributed by atoms with E-state index in [0.29, 0.717) is 12.1 Å². The van der Waals surface area contributed by atoms with Crippen LogP contribution < -0.4 is 4.74 Å². The predicted molar refractivity (Wildman–Crippen MR) is 80.3 cm³/mol. The first kappa shape index (κ1) is 18.7. The van der Waals surface area contributed by atoms with E-state index in [1.165, 1.54) is 25.2 Å². The lowest BCUT2D eigenvalue weighted by Crippen LogP contribution is -2.31. The number of carbonyl (C=O) groups excluding carboxylic acids is 1. The molecule has 0 heterocycles. The number of para-hydroxylation sites is 1. The van der Waals surface area contributed by atoms with Crippen LogP contribution in [0.3, 0.4) is 0 Å². The van der Waals surface area contributed by atoms with Gasteiger partial charge < -0.3 is 9.64 Å². The molecular formula is C17H14F5NO2. The van der Waals surface area contributed by atoms with Gasteiger partial charge in [-0.15, -0.1) is 0 Å². The molecule has 0 spiro atoms. The molecule has 0 aliphatic heterocycles. The first-order valence-electron chi connectivity index (χ1n) is 7.19. The maximum atomic E-state index is 13.4. The molecule has 0 bridgehead atoms. The molecular weight excluding hydrogens is 345 g/mol. The Morgan fingerprint density at radius 3 is 2.40 bits per heavy atom. The van der Waals surface area contributed by atoms with Gasteiger partial charge in [0, 0.05) is 12.6 Å². The number of halogens is 5. The molecule has 0 atom stereocenters.